The molecule has 0 atom stereocenters. The fourth-order valence-electron chi connectivity index (χ4n) is 1.85. The topological polar surface area (TPSA) is 68.3 Å². The molecule has 8 heteroatoms. The number of carbonyl (C=O) groups is 2. The minimum Gasteiger partial charge on any atom is -0.451 e. The number of halogens is 1. The first-order chi connectivity index (χ1) is 11.6. The monoisotopic (exact) mass is 362 g/mol. The molecule has 2 aromatic heterocycles. The molecule has 0 saturated carbocycles. The van der Waals surface area contributed by atoms with Gasteiger partial charge in [0.25, 0.3) is 5.91 Å². The van der Waals surface area contributed by atoms with Crippen molar-refractivity contribution in [3.05, 3.63) is 58.7 Å². The standard InChI is InChI=1S/C16H11FN2O3S2/c17-10-3-1-4-11(7-10)18-14(20)8-22-16(21)12-9-24-15(19-12)13-5-2-6-23-13/h1-7,9H,8H2,(H,18,20). The number of nitrogens with one attached hydrogen (secondary N) is 1. The Morgan fingerprint density at radius 1 is 1.21 bits per heavy atom. The number of thiophene rings is 1. The molecular weight excluding hydrogens is 351 g/mol. The number of carbonyl (C=O) groups excluding carboxylic acids is 2. The Morgan fingerprint density at radius 2 is 2.08 bits per heavy atom. The van der Waals surface area contributed by atoms with E-state index in [0.717, 1.165) is 9.88 Å². The molecule has 0 radical (unpaired) electrons. The van der Waals surface area contributed by atoms with Crippen LogP contribution in [0.4, 0.5) is 10.1 Å². The van der Waals surface area contributed by atoms with E-state index in [1.165, 1.54) is 46.9 Å². The third-order valence-electron chi connectivity index (χ3n) is 2.89. The van der Waals surface area contributed by atoms with Gasteiger partial charge in [0.2, 0.25) is 0 Å². The zero-order valence-corrected chi connectivity index (χ0v) is 13.8. The summed E-state index contributed by atoms with van der Waals surface area (Å²) in [6.45, 7) is -0.471. The van der Waals surface area contributed by atoms with Crippen LogP contribution in [0.1, 0.15) is 10.5 Å². The van der Waals surface area contributed by atoms with Crippen LogP contribution in [0.25, 0.3) is 9.88 Å². The van der Waals surface area contributed by atoms with Gasteiger partial charge in [-0.2, -0.15) is 0 Å². The molecule has 1 aromatic carbocycles. The van der Waals surface area contributed by atoms with E-state index in [0.29, 0.717) is 5.69 Å². The van der Waals surface area contributed by atoms with E-state index in [-0.39, 0.29) is 5.69 Å². The number of hydrogen-bond donors (Lipinski definition) is 1. The molecule has 24 heavy (non-hydrogen) atoms. The molecule has 0 aliphatic rings. The molecule has 0 bridgehead atoms. The van der Waals surface area contributed by atoms with Gasteiger partial charge < -0.3 is 10.1 Å². The van der Waals surface area contributed by atoms with Gasteiger partial charge in [-0.15, -0.1) is 22.7 Å². The molecule has 2 heterocycles. The molecular formula is C16H11FN2O3S2. The second-order valence-electron chi connectivity index (χ2n) is 4.65. The minimum atomic E-state index is -0.677. The molecule has 1 N–H and O–H groups in total. The maximum absolute atomic E-state index is 13.0. The second kappa shape index (κ2) is 7.33. The van der Waals surface area contributed by atoms with Gasteiger partial charge in [0.05, 0.1) is 4.88 Å². The largest absolute Gasteiger partial charge is 0.451 e. The molecule has 0 unspecified atom stereocenters. The van der Waals surface area contributed by atoms with Crippen molar-refractivity contribution in [1.82, 2.24) is 4.98 Å². The molecule has 0 aliphatic carbocycles. The second-order valence-corrected chi connectivity index (χ2v) is 6.46. The zero-order valence-electron chi connectivity index (χ0n) is 12.2. The number of esters is 1. The van der Waals surface area contributed by atoms with Gasteiger partial charge in [0.15, 0.2) is 12.3 Å². The van der Waals surface area contributed by atoms with Crippen molar-refractivity contribution in [2.45, 2.75) is 0 Å². The number of amides is 1. The van der Waals surface area contributed by atoms with Gasteiger partial charge >= 0.3 is 5.97 Å². The number of aromatic nitrogens is 1. The maximum Gasteiger partial charge on any atom is 0.358 e. The van der Waals surface area contributed by atoms with Crippen molar-refractivity contribution in [3.8, 4) is 9.88 Å². The van der Waals surface area contributed by atoms with Crippen LogP contribution in [0.15, 0.2) is 47.2 Å². The summed E-state index contributed by atoms with van der Waals surface area (Å²) in [7, 11) is 0. The highest BCUT2D eigenvalue weighted by atomic mass is 32.1. The van der Waals surface area contributed by atoms with Crippen LogP contribution in [0.3, 0.4) is 0 Å². The number of anilines is 1. The normalized spacial score (nSPS) is 10.4. The average molecular weight is 362 g/mol. The Morgan fingerprint density at radius 3 is 2.83 bits per heavy atom. The Bertz CT molecular complexity index is 862. The summed E-state index contributed by atoms with van der Waals surface area (Å²) in [6, 6.07) is 9.26. The van der Waals surface area contributed by atoms with E-state index >= 15 is 0 Å². The summed E-state index contributed by atoms with van der Waals surface area (Å²) in [6.07, 6.45) is 0. The summed E-state index contributed by atoms with van der Waals surface area (Å²) in [4.78, 5) is 28.8. The number of rotatable bonds is 5. The van der Waals surface area contributed by atoms with Crippen molar-refractivity contribution < 1.29 is 18.7 Å². The highest BCUT2D eigenvalue weighted by Crippen LogP contribution is 2.27. The van der Waals surface area contributed by atoms with Gasteiger partial charge in [0, 0.05) is 11.1 Å². The van der Waals surface area contributed by atoms with Gasteiger partial charge in [-0.05, 0) is 29.6 Å². The molecule has 3 rings (SSSR count). The van der Waals surface area contributed by atoms with Gasteiger partial charge in [0.1, 0.15) is 10.8 Å². The van der Waals surface area contributed by atoms with Crippen LogP contribution in [0.2, 0.25) is 0 Å². The first-order valence-corrected chi connectivity index (χ1v) is 8.60. The molecule has 0 aliphatic heterocycles. The lowest BCUT2D eigenvalue weighted by Crippen LogP contribution is -2.21. The van der Waals surface area contributed by atoms with Gasteiger partial charge in [-0.25, -0.2) is 14.2 Å². The van der Waals surface area contributed by atoms with Crippen LogP contribution in [0.5, 0.6) is 0 Å². The predicted molar refractivity (Wildman–Crippen MR) is 90.7 cm³/mol. The highest BCUT2D eigenvalue weighted by Gasteiger charge is 2.15. The number of nitrogens with zero attached hydrogens (tertiary/aromatic N) is 1. The van der Waals surface area contributed by atoms with Crippen LogP contribution in [0, 0.1) is 5.82 Å². The van der Waals surface area contributed by atoms with E-state index in [2.05, 4.69) is 10.3 Å². The molecule has 122 valence electrons. The van der Waals surface area contributed by atoms with Crippen molar-refractivity contribution in [2.75, 3.05) is 11.9 Å². The summed E-state index contributed by atoms with van der Waals surface area (Å²) in [5.74, 6) is -1.69. The molecule has 0 fully saturated rings. The lowest BCUT2D eigenvalue weighted by atomic mass is 10.3. The Balaban J connectivity index is 1.54. The first-order valence-electron chi connectivity index (χ1n) is 6.84. The Kier molecular flexibility index (Phi) is 4.97. The lowest BCUT2D eigenvalue weighted by molar-refractivity contribution is -0.119. The maximum atomic E-state index is 13.0. The van der Waals surface area contributed by atoms with E-state index in [4.69, 9.17) is 4.74 Å². The first kappa shape index (κ1) is 16.3. The van der Waals surface area contributed by atoms with Crippen LogP contribution < -0.4 is 5.32 Å². The molecule has 0 spiro atoms. The van der Waals surface area contributed by atoms with Crippen LogP contribution in [-0.2, 0) is 9.53 Å². The number of hydrogen-bond acceptors (Lipinski definition) is 6. The van der Waals surface area contributed by atoms with Crippen molar-refractivity contribution in [1.29, 1.82) is 0 Å². The summed E-state index contributed by atoms with van der Waals surface area (Å²) in [5.41, 5.74) is 0.451. The van der Waals surface area contributed by atoms with E-state index in [1.54, 1.807) is 5.38 Å². The summed E-state index contributed by atoms with van der Waals surface area (Å²) >= 11 is 2.85. The fourth-order valence-corrected chi connectivity index (χ4v) is 3.45. The molecule has 5 nitrogen and oxygen atoms in total. The zero-order chi connectivity index (χ0) is 16.9. The van der Waals surface area contributed by atoms with Gasteiger partial charge in [-0.1, -0.05) is 12.1 Å². The van der Waals surface area contributed by atoms with E-state index in [1.807, 2.05) is 17.5 Å². The van der Waals surface area contributed by atoms with E-state index in [9.17, 15) is 14.0 Å². The number of thiazole rings is 1. The Hall–Kier alpha value is -2.58. The average Bonchev–Trinajstić information content (AvgIpc) is 3.23. The summed E-state index contributed by atoms with van der Waals surface area (Å²) < 4.78 is 18.0. The quantitative estimate of drug-likeness (QED) is 0.701. The van der Waals surface area contributed by atoms with Gasteiger partial charge in [-0.3, -0.25) is 4.79 Å². The number of benzene rings is 1. The molecule has 3 aromatic rings. The van der Waals surface area contributed by atoms with Crippen molar-refractivity contribution >= 4 is 40.2 Å². The summed E-state index contributed by atoms with van der Waals surface area (Å²) in [5, 5.41) is 6.68. The molecule has 1 amide bonds. The third-order valence-corrected chi connectivity index (χ3v) is 4.77. The Labute approximate surface area is 144 Å². The van der Waals surface area contributed by atoms with Crippen LogP contribution >= 0.6 is 22.7 Å². The smallest absolute Gasteiger partial charge is 0.358 e. The predicted octanol–water partition coefficient (Wildman–Crippen LogP) is 3.81. The third kappa shape index (κ3) is 4.03. The minimum absolute atomic E-state index is 0.155. The molecule has 0 saturated heterocycles. The SMILES string of the molecule is O=C(COC(=O)c1csc(-c2cccs2)n1)Nc1cccc(F)c1. The van der Waals surface area contributed by atoms with Crippen molar-refractivity contribution in [2.24, 2.45) is 0 Å². The number of ether oxygens (including phenoxy) is 1. The fraction of sp³-hybridized carbons (Fsp3) is 0.0625. The van der Waals surface area contributed by atoms with Crippen molar-refractivity contribution in [3.63, 3.8) is 0 Å². The van der Waals surface area contributed by atoms with Crippen LogP contribution in [-0.4, -0.2) is 23.5 Å². The highest BCUT2D eigenvalue weighted by molar-refractivity contribution is 7.20. The van der Waals surface area contributed by atoms with E-state index < -0.39 is 24.3 Å². The lowest BCUT2D eigenvalue weighted by Gasteiger charge is -2.05.